The van der Waals surface area contributed by atoms with Crippen molar-refractivity contribution in [1.29, 1.82) is 0 Å². The minimum absolute atomic E-state index is 0.218. The Bertz CT molecular complexity index is 1120. The summed E-state index contributed by atoms with van der Waals surface area (Å²) in [5.74, 6) is -0.150. The summed E-state index contributed by atoms with van der Waals surface area (Å²) in [6.45, 7) is 2.45. The Morgan fingerprint density at radius 1 is 0.900 bits per heavy atom. The second-order valence-electron chi connectivity index (χ2n) is 6.62. The molecule has 30 heavy (non-hydrogen) atoms. The first-order valence-electron chi connectivity index (χ1n) is 9.52. The lowest BCUT2D eigenvalue weighted by Gasteiger charge is -2.15. The molecular weight excluding hydrogens is 400 g/mol. The highest BCUT2D eigenvalue weighted by atomic mass is 35.5. The van der Waals surface area contributed by atoms with Gasteiger partial charge < -0.3 is 10.1 Å². The molecule has 3 aromatic rings. The van der Waals surface area contributed by atoms with Gasteiger partial charge in [-0.3, -0.25) is 9.59 Å². The van der Waals surface area contributed by atoms with Crippen molar-refractivity contribution in [1.82, 2.24) is 0 Å². The van der Waals surface area contributed by atoms with Crippen molar-refractivity contribution in [3.63, 3.8) is 0 Å². The second-order valence-corrected chi connectivity index (χ2v) is 7.06. The van der Waals surface area contributed by atoms with Gasteiger partial charge in [0.15, 0.2) is 0 Å². The summed E-state index contributed by atoms with van der Waals surface area (Å²) in [6.07, 6.45) is 0. The van der Waals surface area contributed by atoms with Crippen molar-refractivity contribution in [2.24, 2.45) is 0 Å². The van der Waals surface area contributed by atoms with Gasteiger partial charge in [0.2, 0.25) is 0 Å². The fraction of sp³-hybridized carbons (Fsp3) is 0.0833. The highest BCUT2D eigenvalue weighted by Gasteiger charge is 2.40. The summed E-state index contributed by atoms with van der Waals surface area (Å²) in [5.41, 5.74) is 2.28. The van der Waals surface area contributed by atoms with E-state index in [-0.39, 0.29) is 5.70 Å². The molecule has 1 N–H and O–H groups in total. The number of amides is 2. The Kier molecular flexibility index (Phi) is 5.55. The van der Waals surface area contributed by atoms with Gasteiger partial charge in [-0.2, -0.15) is 0 Å². The first-order chi connectivity index (χ1) is 14.6. The summed E-state index contributed by atoms with van der Waals surface area (Å²) >= 11 is 6.09. The van der Waals surface area contributed by atoms with E-state index in [9.17, 15) is 9.59 Å². The molecule has 0 bridgehead atoms. The number of nitrogens with zero attached hydrogens (tertiary/aromatic N) is 1. The smallest absolute Gasteiger partial charge is 0.282 e. The van der Waals surface area contributed by atoms with Crippen LogP contribution in [0, 0.1) is 0 Å². The molecule has 1 heterocycles. The van der Waals surface area contributed by atoms with Crippen molar-refractivity contribution in [3.8, 4) is 5.75 Å². The van der Waals surface area contributed by atoms with Crippen molar-refractivity contribution >= 4 is 40.4 Å². The lowest BCUT2D eigenvalue weighted by molar-refractivity contribution is -0.120. The number of hydrogen-bond donors (Lipinski definition) is 1. The van der Waals surface area contributed by atoms with Crippen LogP contribution in [-0.2, 0) is 9.59 Å². The van der Waals surface area contributed by atoms with Crippen LogP contribution in [-0.4, -0.2) is 18.4 Å². The third kappa shape index (κ3) is 3.80. The largest absolute Gasteiger partial charge is 0.494 e. The van der Waals surface area contributed by atoms with Gasteiger partial charge in [-0.25, -0.2) is 4.90 Å². The van der Waals surface area contributed by atoms with Gasteiger partial charge >= 0.3 is 0 Å². The van der Waals surface area contributed by atoms with Crippen LogP contribution in [0.1, 0.15) is 12.5 Å². The topological polar surface area (TPSA) is 58.6 Å². The van der Waals surface area contributed by atoms with E-state index in [2.05, 4.69) is 5.32 Å². The molecule has 0 radical (unpaired) electrons. The number of benzene rings is 3. The summed E-state index contributed by atoms with van der Waals surface area (Å²) in [7, 11) is 0. The Morgan fingerprint density at radius 3 is 2.30 bits per heavy atom. The Morgan fingerprint density at radius 2 is 1.63 bits per heavy atom. The minimum atomic E-state index is -0.435. The van der Waals surface area contributed by atoms with Crippen LogP contribution in [0.3, 0.4) is 0 Å². The van der Waals surface area contributed by atoms with E-state index in [1.807, 2.05) is 37.3 Å². The number of rotatable bonds is 6. The summed E-state index contributed by atoms with van der Waals surface area (Å²) in [5, 5.41) is 3.57. The first-order valence-corrected chi connectivity index (χ1v) is 9.90. The maximum atomic E-state index is 13.4. The SMILES string of the molecule is CCOc1ccc(C2=C(Nc3ccccc3)C(=O)N(c3cccc(Cl)c3)C2=O)cc1. The van der Waals surface area contributed by atoms with E-state index >= 15 is 0 Å². The van der Waals surface area contributed by atoms with Crippen molar-refractivity contribution in [2.75, 3.05) is 16.8 Å². The maximum Gasteiger partial charge on any atom is 0.282 e. The third-order valence-electron chi connectivity index (χ3n) is 4.65. The molecule has 0 aromatic heterocycles. The molecule has 0 fully saturated rings. The Labute approximate surface area is 179 Å². The number of halogens is 1. The molecule has 150 valence electrons. The molecule has 1 aliphatic rings. The van der Waals surface area contributed by atoms with E-state index in [1.165, 1.54) is 0 Å². The number of carbonyl (C=O) groups excluding carboxylic acids is 2. The highest BCUT2D eigenvalue weighted by Crippen LogP contribution is 2.35. The standard InChI is InChI=1S/C24H19ClN2O3/c1-2-30-20-13-11-16(12-14-20)21-22(26-18-8-4-3-5-9-18)24(29)27(23(21)28)19-10-6-7-17(25)15-19/h3-15,26H,2H2,1H3. The van der Waals surface area contributed by atoms with E-state index in [1.54, 1.807) is 48.5 Å². The average Bonchev–Trinajstić information content (AvgIpc) is 2.99. The predicted octanol–water partition coefficient (Wildman–Crippen LogP) is 5.14. The van der Waals surface area contributed by atoms with Crippen LogP contribution in [0.15, 0.2) is 84.6 Å². The molecule has 6 heteroatoms. The van der Waals surface area contributed by atoms with Gasteiger partial charge in [0.25, 0.3) is 11.8 Å². The van der Waals surface area contributed by atoms with Crippen molar-refractivity contribution < 1.29 is 14.3 Å². The van der Waals surface area contributed by atoms with Crippen LogP contribution in [0.5, 0.6) is 5.75 Å². The molecule has 0 atom stereocenters. The van der Waals surface area contributed by atoms with Crippen LogP contribution < -0.4 is 15.0 Å². The summed E-state index contributed by atoms with van der Waals surface area (Å²) in [6, 6.07) is 23.1. The zero-order valence-electron chi connectivity index (χ0n) is 16.3. The quantitative estimate of drug-likeness (QED) is 0.563. The van der Waals surface area contributed by atoms with Gasteiger partial charge in [-0.1, -0.05) is 48.0 Å². The number of imide groups is 1. The minimum Gasteiger partial charge on any atom is -0.494 e. The van der Waals surface area contributed by atoms with E-state index in [0.717, 1.165) is 4.90 Å². The Balaban J connectivity index is 1.79. The molecule has 5 nitrogen and oxygen atoms in total. The molecule has 0 saturated heterocycles. The van der Waals surface area contributed by atoms with Crippen LogP contribution in [0.2, 0.25) is 5.02 Å². The molecular formula is C24H19ClN2O3. The van der Waals surface area contributed by atoms with Gasteiger partial charge in [0.1, 0.15) is 11.4 Å². The van der Waals surface area contributed by atoms with Gasteiger partial charge in [-0.15, -0.1) is 0 Å². The Hall–Kier alpha value is -3.57. The van der Waals surface area contributed by atoms with E-state index in [4.69, 9.17) is 16.3 Å². The zero-order valence-corrected chi connectivity index (χ0v) is 17.0. The molecule has 0 saturated carbocycles. The molecule has 1 aliphatic heterocycles. The fourth-order valence-electron chi connectivity index (χ4n) is 3.31. The zero-order chi connectivity index (χ0) is 21.1. The van der Waals surface area contributed by atoms with Crippen LogP contribution >= 0.6 is 11.6 Å². The molecule has 0 aliphatic carbocycles. The molecule has 4 rings (SSSR count). The maximum absolute atomic E-state index is 13.4. The monoisotopic (exact) mass is 418 g/mol. The fourth-order valence-corrected chi connectivity index (χ4v) is 3.50. The number of hydrogen-bond acceptors (Lipinski definition) is 4. The van der Waals surface area contributed by atoms with E-state index < -0.39 is 11.8 Å². The number of anilines is 2. The van der Waals surface area contributed by atoms with Gasteiger partial charge in [0.05, 0.1) is 17.9 Å². The second kappa shape index (κ2) is 8.43. The highest BCUT2D eigenvalue weighted by molar-refractivity contribution is 6.46. The average molecular weight is 419 g/mol. The number of ether oxygens (including phenoxy) is 1. The number of nitrogens with one attached hydrogen (secondary N) is 1. The molecule has 0 unspecified atom stereocenters. The summed E-state index contributed by atoms with van der Waals surface area (Å²) in [4.78, 5) is 27.8. The molecule has 0 spiro atoms. The van der Waals surface area contributed by atoms with Gasteiger partial charge in [0, 0.05) is 10.7 Å². The van der Waals surface area contributed by atoms with Gasteiger partial charge in [-0.05, 0) is 55.0 Å². The first kappa shape index (κ1) is 19.7. The van der Waals surface area contributed by atoms with E-state index in [0.29, 0.717) is 39.9 Å². The lowest BCUT2D eigenvalue weighted by atomic mass is 10.0. The number of para-hydroxylation sites is 1. The van der Waals surface area contributed by atoms with Crippen LogP contribution in [0.25, 0.3) is 5.57 Å². The molecule has 2 amide bonds. The number of carbonyl (C=O) groups is 2. The predicted molar refractivity (Wildman–Crippen MR) is 119 cm³/mol. The third-order valence-corrected chi connectivity index (χ3v) is 4.88. The van der Waals surface area contributed by atoms with Crippen LogP contribution in [0.4, 0.5) is 11.4 Å². The van der Waals surface area contributed by atoms with Crippen molar-refractivity contribution in [2.45, 2.75) is 6.92 Å². The lowest BCUT2D eigenvalue weighted by Crippen LogP contribution is -2.32. The molecule has 3 aromatic carbocycles. The summed E-state index contributed by atoms with van der Waals surface area (Å²) < 4.78 is 5.49. The van der Waals surface area contributed by atoms with Crippen molar-refractivity contribution in [3.05, 3.63) is 95.1 Å². The normalized spacial score (nSPS) is 13.7.